The van der Waals surface area contributed by atoms with Gasteiger partial charge in [0.1, 0.15) is 5.75 Å². The molecule has 0 saturated heterocycles. The van der Waals surface area contributed by atoms with Gasteiger partial charge in [0.25, 0.3) is 0 Å². The highest BCUT2D eigenvalue weighted by Crippen LogP contribution is 2.25. The number of ether oxygens (including phenoxy) is 1. The van der Waals surface area contributed by atoms with E-state index in [9.17, 15) is 4.79 Å². The number of benzene rings is 1. The number of hydrogen-bond donors (Lipinski definition) is 0. The van der Waals surface area contributed by atoms with Crippen molar-refractivity contribution in [3.8, 4) is 5.75 Å². The van der Waals surface area contributed by atoms with Crippen molar-refractivity contribution < 1.29 is 9.53 Å². The van der Waals surface area contributed by atoms with Crippen LogP contribution in [0.1, 0.15) is 24.2 Å². The fourth-order valence-corrected chi connectivity index (χ4v) is 2.40. The first-order chi connectivity index (χ1) is 8.43. The van der Waals surface area contributed by atoms with Gasteiger partial charge in [-0.05, 0) is 47.1 Å². The lowest BCUT2D eigenvalue weighted by molar-refractivity contribution is 0.0940. The summed E-state index contributed by atoms with van der Waals surface area (Å²) < 4.78 is 5.95. The summed E-state index contributed by atoms with van der Waals surface area (Å²) in [5.41, 5.74) is 0.707. The summed E-state index contributed by atoms with van der Waals surface area (Å²) >= 11 is 3.39. The molecule has 1 aromatic carbocycles. The highest BCUT2D eigenvalue weighted by molar-refractivity contribution is 9.10. The SMILES string of the molecule is COc1ccc(C(=O)CN(C)CC(C)C)cc1Br. The Morgan fingerprint density at radius 3 is 2.61 bits per heavy atom. The molecule has 0 fully saturated rings. The zero-order valence-corrected chi connectivity index (χ0v) is 13.0. The minimum Gasteiger partial charge on any atom is -0.496 e. The maximum absolute atomic E-state index is 12.1. The van der Waals surface area contributed by atoms with E-state index in [1.165, 1.54) is 0 Å². The van der Waals surface area contributed by atoms with Gasteiger partial charge in [-0.25, -0.2) is 0 Å². The van der Waals surface area contributed by atoms with Gasteiger partial charge in [0, 0.05) is 12.1 Å². The lowest BCUT2D eigenvalue weighted by Gasteiger charge is -2.18. The number of Topliss-reactive ketones (excluding diaryl/α,β-unsaturated/α-hetero) is 1. The molecule has 0 aliphatic heterocycles. The van der Waals surface area contributed by atoms with Gasteiger partial charge in [0.2, 0.25) is 0 Å². The summed E-state index contributed by atoms with van der Waals surface area (Å²) in [6.07, 6.45) is 0. The van der Waals surface area contributed by atoms with Gasteiger partial charge in [0.05, 0.1) is 18.1 Å². The van der Waals surface area contributed by atoms with Crippen LogP contribution in [0.5, 0.6) is 5.75 Å². The Hall–Kier alpha value is -0.870. The zero-order chi connectivity index (χ0) is 13.7. The van der Waals surface area contributed by atoms with E-state index in [1.807, 2.05) is 18.0 Å². The number of rotatable bonds is 6. The largest absolute Gasteiger partial charge is 0.496 e. The van der Waals surface area contributed by atoms with Crippen LogP contribution in [0, 0.1) is 5.92 Å². The average molecular weight is 314 g/mol. The molecular weight excluding hydrogens is 294 g/mol. The molecule has 18 heavy (non-hydrogen) atoms. The van der Waals surface area contributed by atoms with Gasteiger partial charge in [-0.15, -0.1) is 0 Å². The van der Waals surface area contributed by atoms with E-state index in [2.05, 4.69) is 29.8 Å². The standard InChI is InChI=1S/C14H20BrNO2/c1-10(2)8-16(3)9-13(17)11-5-6-14(18-4)12(15)7-11/h5-7,10H,8-9H2,1-4H3. The molecule has 0 unspecified atom stereocenters. The van der Waals surface area contributed by atoms with Crippen LogP contribution in [0.15, 0.2) is 22.7 Å². The van der Waals surface area contributed by atoms with E-state index in [-0.39, 0.29) is 5.78 Å². The quantitative estimate of drug-likeness (QED) is 0.755. The molecule has 1 rings (SSSR count). The third-order valence-electron chi connectivity index (χ3n) is 2.56. The Labute approximate surface area is 117 Å². The summed E-state index contributed by atoms with van der Waals surface area (Å²) in [6, 6.07) is 5.42. The maximum Gasteiger partial charge on any atom is 0.176 e. The first kappa shape index (κ1) is 15.2. The van der Waals surface area contributed by atoms with Crippen molar-refractivity contribution in [2.75, 3.05) is 27.2 Å². The summed E-state index contributed by atoms with van der Waals surface area (Å²) in [5.74, 6) is 1.42. The summed E-state index contributed by atoms with van der Waals surface area (Å²) in [6.45, 7) is 5.65. The lowest BCUT2D eigenvalue weighted by atomic mass is 10.1. The summed E-state index contributed by atoms with van der Waals surface area (Å²) in [5, 5.41) is 0. The zero-order valence-electron chi connectivity index (χ0n) is 11.4. The first-order valence-electron chi connectivity index (χ1n) is 5.99. The Morgan fingerprint density at radius 2 is 2.11 bits per heavy atom. The number of carbonyl (C=O) groups is 1. The van der Waals surface area contributed by atoms with Crippen molar-refractivity contribution >= 4 is 21.7 Å². The molecule has 0 spiro atoms. The van der Waals surface area contributed by atoms with Crippen molar-refractivity contribution in [2.45, 2.75) is 13.8 Å². The molecule has 0 aliphatic carbocycles. The second kappa shape index (κ2) is 6.90. The van der Waals surface area contributed by atoms with Crippen LogP contribution in [0.25, 0.3) is 0 Å². The predicted molar refractivity (Wildman–Crippen MR) is 77.4 cm³/mol. The molecular formula is C14H20BrNO2. The molecule has 0 radical (unpaired) electrons. The fraction of sp³-hybridized carbons (Fsp3) is 0.500. The molecule has 0 bridgehead atoms. The maximum atomic E-state index is 12.1. The number of likely N-dealkylation sites (N-methyl/N-ethyl adjacent to an activating group) is 1. The topological polar surface area (TPSA) is 29.5 Å². The highest BCUT2D eigenvalue weighted by Gasteiger charge is 2.12. The minimum atomic E-state index is 0.126. The van der Waals surface area contributed by atoms with Gasteiger partial charge in [0.15, 0.2) is 5.78 Å². The molecule has 0 aliphatic rings. The van der Waals surface area contributed by atoms with E-state index >= 15 is 0 Å². The normalized spacial score (nSPS) is 11.1. The Bertz CT molecular complexity index is 418. The molecule has 3 nitrogen and oxygen atoms in total. The van der Waals surface area contributed by atoms with E-state index in [0.29, 0.717) is 18.0 Å². The predicted octanol–water partition coefficient (Wildman–Crippen LogP) is 3.23. The number of carbonyl (C=O) groups excluding carboxylic acids is 1. The second-order valence-corrected chi connectivity index (χ2v) is 5.72. The summed E-state index contributed by atoms with van der Waals surface area (Å²) in [4.78, 5) is 14.1. The smallest absolute Gasteiger partial charge is 0.176 e. The number of methoxy groups -OCH3 is 1. The third kappa shape index (κ3) is 4.42. The fourth-order valence-electron chi connectivity index (χ4n) is 1.86. The molecule has 0 N–H and O–H groups in total. The molecule has 0 heterocycles. The Morgan fingerprint density at radius 1 is 1.44 bits per heavy atom. The van der Waals surface area contributed by atoms with Gasteiger partial charge < -0.3 is 4.74 Å². The van der Waals surface area contributed by atoms with Crippen molar-refractivity contribution in [3.05, 3.63) is 28.2 Å². The molecule has 0 atom stereocenters. The van der Waals surface area contributed by atoms with Crippen LogP contribution >= 0.6 is 15.9 Å². The molecule has 0 saturated carbocycles. The van der Waals surface area contributed by atoms with Crippen LogP contribution < -0.4 is 4.74 Å². The monoisotopic (exact) mass is 313 g/mol. The van der Waals surface area contributed by atoms with Crippen molar-refractivity contribution in [3.63, 3.8) is 0 Å². The van der Waals surface area contributed by atoms with E-state index in [4.69, 9.17) is 4.74 Å². The second-order valence-electron chi connectivity index (χ2n) is 4.86. The van der Waals surface area contributed by atoms with E-state index in [0.717, 1.165) is 16.8 Å². The van der Waals surface area contributed by atoms with Crippen LogP contribution in [0.3, 0.4) is 0 Å². The highest BCUT2D eigenvalue weighted by atomic mass is 79.9. The van der Waals surface area contributed by atoms with Gasteiger partial charge in [-0.1, -0.05) is 13.8 Å². The Kier molecular flexibility index (Phi) is 5.82. The van der Waals surface area contributed by atoms with Crippen LogP contribution in [-0.2, 0) is 0 Å². The van der Waals surface area contributed by atoms with Gasteiger partial charge in [-0.2, -0.15) is 0 Å². The lowest BCUT2D eigenvalue weighted by Crippen LogP contribution is -2.29. The number of nitrogens with zero attached hydrogens (tertiary/aromatic N) is 1. The van der Waals surface area contributed by atoms with Crippen molar-refractivity contribution in [1.82, 2.24) is 4.90 Å². The van der Waals surface area contributed by atoms with E-state index in [1.54, 1.807) is 19.2 Å². The molecule has 0 amide bonds. The van der Waals surface area contributed by atoms with Crippen LogP contribution in [-0.4, -0.2) is 37.9 Å². The number of halogens is 1. The van der Waals surface area contributed by atoms with Gasteiger partial charge >= 0.3 is 0 Å². The van der Waals surface area contributed by atoms with E-state index < -0.39 is 0 Å². The number of ketones is 1. The molecule has 4 heteroatoms. The van der Waals surface area contributed by atoms with Gasteiger partial charge in [-0.3, -0.25) is 9.69 Å². The molecule has 0 aromatic heterocycles. The third-order valence-corrected chi connectivity index (χ3v) is 3.18. The average Bonchev–Trinajstić information content (AvgIpc) is 2.27. The number of hydrogen-bond acceptors (Lipinski definition) is 3. The molecule has 1 aromatic rings. The minimum absolute atomic E-state index is 0.126. The molecule has 100 valence electrons. The Balaban J connectivity index is 2.70. The van der Waals surface area contributed by atoms with Crippen LogP contribution in [0.4, 0.5) is 0 Å². The van der Waals surface area contributed by atoms with Crippen molar-refractivity contribution in [1.29, 1.82) is 0 Å². The van der Waals surface area contributed by atoms with Crippen LogP contribution in [0.2, 0.25) is 0 Å². The van der Waals surface area contributed by atoms with Crippen molar-refractivity contribution in [2.24, 2.45) is 5.92 Å². The summed E-state index contributed by atoms with van der Waals surface area (Å²) in [7, 11) is 3.58. The first-order valence-corrected chi connectivity index (χ1v) is 6.78.